The van der Waals surface area contributed by atoms with Crippen molar-refractivity contribution in [1.82, 2.24) is 14.2 Å². The Morgan fingerprint density at radius 2 is 0.633 bits per heavy atom. The molecule has 0 aromatic heterocycles. The number of hydrogen-bond donors (Lipinski definition) is 0. The summed E-state index contributed by atoms with van der Waals surface area (Å²) in [5, 5.41) is 0. The van der Waals surface area contributed by atoms with Crippen LogP contribution in [0.3, 0.4) is 0 Å². The van der Waals surface area contributed by atoms with E-state index in [-0.39, 0.29) is 20.9 Å². The highest BCUT2D eigenvalue weighted by Crippen LogP contribution is 2.24. The van der Waals surface area contributed by atoms with E-state index in [4.69, 9.17) is 0 Å². The SMILES string of the molecule is CC/C=C/B1N(/C=C/CC)B(/C=C/CC)N(/C=C/CC)B(/C=C/CC)N1/C=C/CC. The lowest BCUT2D eigenvalue weighted by Crippen LogP contribution is -2.72. The van der Waals surface area contributed by atoms with Crippen molar-refractivity contribution in [3.05, 3.63) is 73.0 Å². The first-order valence-electron chi connectivity index (χ1n) is 12.0. The third-order valence-electron chi connectivity index (χ3n) is 5.00. The van der Waals surface area contributed by atoms with E-state index in [9.17, 15) is 0 Å². The zero-order valence-electron chi connectivity index (χ0n) is 20.2. The van der Waals surface area contributed by atoms with Crippen molar-refractivity contribution < 1.29 is 0 Å². The molecule has 6 heteroatoms. The molecule has 1 fully saturated rings. The third kappa shape index (κ3) is 7.70. The second kappa shape index (κ2) is 15.8. The maximum atomic E-state index is 2.48. The van der Waals surface area contributed by atoms with Gasteiger partial charge in [-0.25, -0.2) is 0 Å². The number of hydrogen-bond acceptors (Lipinski definition) is 3. The molecule has 1 rings (SSSR count). The minimum Gasteiger partial charge on any atom is -0.424 e. The molecular formula is C24H42B3N3. The Morgan fingerprint density at radius 3 is 0.833 bits per heavy atom. The van der Waals surface area contributed by atoms with Crippen LogP contribution in [-0.4, -0.2) is 35.1 Å². The van der Waals surface area contributed by atoms with Crippen LogP contribution in [0.25, 0.3) is 0 Å². The first kappa shape index (κ1) is 26.1. The lowest BCUT2D eigenvalue weighted by molar-refractivity contribution is 0.623. The summed E-state index contributed by atoms with van der Waals surface area (Å²) in [6.45, 7) is 13.7. The van der Waals surface area contributed by atoms with E-state index in [2.05, 4.69) is 129 Å². The first-order valence-corrected chi connectivity index (χ1v) is 12.0. The predicted molar refractivity (Wildman–Crippen MR) is 139 cm³/mol. The Balaban J connectivity index is 3.67. The van der Waals surface area contributed by atoms with Crippen molar-refractivity contribution in [3.63, 3.8) is 0 Å². The van der Waals surface area contributed by atoms with Gasteiger partial charge in [0.2, 0.25) is 0 Å². The van der Waals surface area contributed by atoms with Gasteiger partial charge in [0, 0.05) is 0 Å². The normalized spacial score (nSPS) is 16.6. The van der Waals surface area contributed by atoms with Crippen LogP contribution in [-0.2, 0) is 0 Å². The summed E-state index contributed by atoms with van der Waals surface area (Å²) in [5.74, 6) is 7.08. The zero-order valence-corrected chi connectivity index (χ0v) is 20.2. The summed E-state index contributed by atoms with van der Waals surface area (Å²) in [7, 11) is 0. The average molecular weight is 405 g/mol. The highest BCUT2D eigenvalue weighted by molar-refractivity contribution is 6.91. The summed E-state index contributed by atoms with van der Waals surface area (Å²) in [5.41, 5.74) is 0. The molecule has 0 atom stereocenters. The Hall–Kier alpha value is -1.97. The van der Waals surface area contributed by atoms with Crippen LogP contribution in [0.2, 0.25) is 0 Å². The molecule has 1 aliphatic heterocycles. The van der Waals surface area contributed by atoms with Crippen molar-refractivity contribution in [2.24, 2.45) is 0 Å². The minimum absolute atomic E-state index is 0.167. The van der Waals surface area contributed by atoms with Gasteiger partial charge in [0.15, 0.2) is 0 Å². The molecule has 0 saturated carbocycles. The van der Waals surface area contributed by atoms with Crippen molar-refractivity contribution in [1.29, 1.82) is 0 Å². The Kier molecular flexibility index (Phi) is 13.7. The van der Waals surface area contributed by atoms with Gasteiger partial charge >= 0.3 is 20.9 Å². The molecule has 0 bridgehead atoms. The van der Waals surface area contributed by atoms with Crippen molar-refractivity contribution in [2.75, 3.05) is 0 Å². The van der Waals surface area contributed by atoms with Crippen molar-refractivity contribution >= 4 is 20.9 Å². The van der Waals surface area contributed by atoms with E-state index in [0.717, 1.165) is 38.5 Å². The van der Waals surface area contributed by atoms with E-state index in [1.807, 2.05) is 0 Å². The zero-order chi connectivity index (χ0) is 22.2. The van der Waals surface area contributed by atoms with E-state index in [1.54, 1.807) is 0 Å². The van der Waals surface area contributed by atoms with Gasteiger partial charge in [0.1, 0.15) is 0 Å². The van der Waals surface area contributed by atoms with E-state index >= 15 is 0 Å². The van der Waals surface area contributed by atoms with Gasteiger partial charge in [-0.05, 0) is 57.1 Å². The molecule has 1 aliphatic rings. The molecule has 0 radical (unpaired) electrons. The van der Waals surface area contributed by atoms with E-state index in [0.29, 0.717) is 0 Å². The highest BCUT2D eigenvalue weighted by Gasteiger charge is 2.47. The van der Waals surface area contributed by atoms with Crippen LogP contribution in [0.4, 0.5) is 0 Å². The summed E-state index contributed by atoms with van der Waals surface area (Å²) in [6.07, 6.45) is 26.8. The molecule has 0 N–H and O–H groups in total. The largest absolute Gasteiger partial charge is 0.424 e. The van der Waals surface area contributed by atoms with Crippen molar-refractivity contribution in [2.45, 2.75) is 80.1 Å². The molecule has 0 aromatic carbocycles. The standard InChI is InChI=1S/C24H42B3N3/c1-7-13-19-25-28(22-16-10-4)26(20-14-8-2)30(24-18-12-6)27(21-15-9-3)29(25)23-17-11-5/h13-24H,7-12H2,1-6H3/b19-13+,20-14+,21-15+,22-16+,23-17+,24-18+. The van der Waals surface area contributed by atoms with Crippen LogP contribution in [0.5, 0.6) is 0 Å². The monoisotopic (exact) mass is 405 g/mol. The molecule has 3 nitrogen and oxygen atoms in total. The molecular weight excluding hydrogens is 363 g/mol. The Morgan fingerprint density at radius 1 is 0.400 bits per heavy atom. The third-order valence-corrected chi connectivity index (χ3v) is 5.00. The summed E-state index contributed by atoms with van der Waals surface area (Å²) >= 11 is 0. The molecule has 1 heterocycles. The minimum atomic E-state index is 0.167. The van der Waals surface area contributed by atoms with Gasteiger partial charge in [-0.3, -0.25) is 0 Å². The fourth-order valence-electron chi connectivity index (χ4n) is 3.51. The van der Waals surface area contributed by atoms with Gasteiger partial charge in [0.25, 0.3) is 0 Å². The van der Waals surface area contributed by atoms with Gasteiger partial charge in [0.05, 0.1) is 0 Å². The summed E-state index contributed by atoms with van der Waals surface area (Å²) in [4.78, 5) is 0. The maximum absolute atomic E-state index is 2.48. The lowest BCUT2D eigenvalue weighted by Gasteiger charge is -2.51. The molecule has 162 valence electrons. The number of allylic oxidation sites excluding steroid dienone is 6. The molecule has 1 saturated heterocycles. The molecule has 0 aliphatic carbocycles. The first-order chi connectivity index (χ1) is 14.7. The predicted octanol–water partition coefficient (Wildman–Crippen LogP) is 6.66. The van der Waals surface area contributed by atoms with E-state index in [1.165, 1.54) is 0 Å². The molecule has 0 aromatic rings. The Bertz CT molecular complexity index is 474. The van der Waals surface area contributed by atoms with Crippen LogP contribution >= 0.6 is 0 Å². The van der Waals surface area contributed by atoms with E-state index < -0.39 is 0 Å². The summed E-state index contributed by atoms with van der Waals surface area (Å²) in [6, 6.07) is 0. The van der Waals surface area contributed by atoms with Crippen LogP contribution in [0.15, 0.2) is 73.0 Å². The highest BCUT2D eigenvalue weighted by atomic mass is 15.3. The topological polar surface area (TPSA) is 9.72 Å². The van der Waals surface area contributed by atoms with Gasteiger partial charge in [-0.1, -0.05) is 95.9 Å². The fourth-order valence-corrected chi connectivity index (χ4v) is 3.51. The van der Waals surface area contributed by atoms with Crippen LogP contribution in [0, 0.1) is 0 Å². The lowest BCUT2D eigenvalue weighted by atomic mass is 9.43. The maximum Gasteiger partial charge on any atom is 0.380 e. The fraction of sp³-hybridized carbons (Fsp3) is 0.500. The van der Waals surface area contributed by atoms with Crippen molar-refractivity contribution in [3.8, 4) is 0 Å². The quantitative estimate of drug-likeness (QED) is 0.337. The van der Waals surface area contributed by atoms with Gasteiger partial charge in [-0.15, -0.1) is 0 Å². The second-order valence-electron chi connectivity index (χ2n) is 7.47. The number of nitrogens with zero attached hydrogens (tertiary/aromatic N) is 3. The smallest absolute Gasteiger partial charge is 0.380 e. The second-order valence-corrected chi connectivity index (χ2v) is 7.47. The van der Waals surface area contributed by atoms with Gasteiger partial charge in [-0.2, -0.15) is 0 Å². The molecule has 30 heavy (non-hydrogen) atoms. The molecule has 0 amide bonds. The van der Waals surface area contributed by atoms with Crippen LogP contribution < -0.4 is 0 Å². The molecule has 0 spiro atoms. The Labute approximate surface area is 188 Å². The number of rotatable bonds is 12. The summed E-state index contributed by atoms with van der Waals surface area (Å²) < 4.78 is 7.45. The molecule has 0 unspecified atom stereocenters. The van der Waals surface area contributed by atoms with Gasteiger partial charge < -0.3 is 14.2 Å². The average Bonchev–Trinajstić information content (AvgIpc) is 2.76. The van der Waals surface area contributed by atoms with Crippen LogP contribution in [0.1, 0.15) is 80.1 Å².